The van der Waals surface area contributed by atoms with Gasteiger partial charge in [0.15, 0.2) is 0 Å². The number of piperidine rings is 1. The van der Waals surface area contributed by atoms with Crippen LogP contribution in [0.25, 0.3) is 0 Å². The normalized spacial score (nSPS) is 16.9. The summed E-state index contributed by atoms with van der Waals surface area (Å²) in [7, 11) is 0. The molecule has 144 valence electrons. The van der Waals surface area contributed by atoms with Gasteiger partial charge in [-0.3, -0.25) is 19.9 Å². The van der Waals surface area contributed by atoms with Crippen LogP contribution in [0.5, 0.6) is 0 Å². The van der Waals surface area contributed by atoms with Crippen LogP contribution >= 0.6 is 0 Å². The van der Waals surface area contributed by atoms with E-state index in [1.54, 1.807) is 6.07 Å². The number of carbonyl (C=O) groups is 1. The Hall–Kier alpha value is -3.22. The molecule has 0 saturated carbocycles. The molecule has 7 nitrogen and oxygen atoms in total. The fourth-order valence-corrected chi connectivity index (χ4v) is 3.86. The molecule has 28 heavy (non-hydrogen) atoms. The van der Waals surface area contributed by atoms with Gasteiger partial charge in [-0.15, -0.1) is 0 Å². The zero-order valence-electron chi connectivity index (χ0n) is 15.5. The van der Waals surface area contributed by atoms with Gasteiger partial charge >= 0.3 is 0 Å². The molecule has 0 radical (unpaired) electrons. The van der Waals surface area contributed by atoms with Crippen molar-refractivity contribution >= 4 is 17.4 Å². The number of likely N-dealkylation sites (tertiary alicyclic amines) is 1. The number of nitro groups is 1. The number of nitrogens with one attached hydrogen (secondary N) is 1. The molecular formula is C21H22N4O3. The van der Waals surface area contributed by atoms with Gasteiger partial charge in [0.2, 0.25) is 0 Å². The van der Waals surface area contributed by atoms with Gasteiger partial charge in [-0.05, 0) is 30.9 Å². The Morgan fingerprint density at radius 2 is 1.93 bits per heavy atom. The molecule has 0 spiro atoms. The minimum absolute atomic E-state index is 0.0578. The van der Waals surface area contributed by atoms with E-state index < -0.39 is 4.92 Å². The maximum absolute atomic E-state index is 12.5. The predicted octanol–water partition coefficient (Wildman–Crippen LogP) is 2.79. The van der Waals surface area contributed by atoms with Gasteiger partial charge in [0.05, 0.1) is 4.92 Å². The lowest BCUT2D eigenvalue weighted by atomic mass is 9.98. The Bertz CT molecular complexity index is 933. The van der Waals surface area contributed by atoms with Gasteiger partial charge in [0.1, 0.15) is 5.84 Å². The number of benzene rings is 2. The molecule has 2 aromatic rings. The van der Waals surface area contributed by atoms with Crippen molar-refractivity contribution in [2.24, 2.45) is 4.99 Å². The summed E-state index contributed by atoms with van der Waals surface area (Å²) in [5.41, 5.74) is 2.81. The third-order valence-corrected chi connectivity index (χ3v) is 5.35. The minimum atomic E-state index is -0.488. The summed E-state index contributed by atoms with van der Waals surface area (Å²) in [6, 6.07) is 14.3. The Balaban J connectivity index is 1.37. The highest BCUT2D eigenvalue weighted by Gasteiger charge is 2.26. The molecule has 7 heteroatoms. The van der Waals surface area contributed by atoms with E-state index in [4.69, 9.17) is 4.99 Å². The van der Waals surface area contributed by atoms with E-state index >= 15 is 0 Å². The number of amides is 1. The van der Waals surface area contributed by atoms with Crippen molar-refractivity contribution in [3.05, 3.63) is 75.3 Å². The summed E-state index contributed by atoms with van der Waals surface area (Å²) < 4.78 is 0. The number of carbonyl (C=O) groups excluding carboxylic acids is 1. The third-order valence-electron chi connectivity index (χ3n) is 5.35. The van der Waals surface area contributed by atoms with E-state index in [9.17, 15) is 14.9 Å². The van der Waals surface area contributed by atoms with E-state index in [2.05, 4.69) is 28.4 Å². The molecule has 4 rings (SSSR count). The quantitative estimate of drug-likeness (QED) is 0.657. The first kappa shape index (κ1) is 18.2. The second kappa shape index (κ2) is 7.80. The molecule has 2 aliphatic heterocycles. The molecule has 0 aliphatic carbocycles. The van der Waals surface area contributed by atoms with Crippen molar-refractivity contribution in [2.75, 3.05) is 19.6 Å². The molecule has 2 heterocycles. The highest BCUT2D eigenvalue weighted by atomic mass is 16.6. The summed E-state index contributed by atoms with van der Waals surface area (Å²) in [5, 5.41) is 13.9. The standard InChI is InChI=1S/C21H22N4O3/c26-21(16-5-3-6-18(14-16)25(27)28)23-17-9-12-24(13-10-17)20-19-7-2-1-4-15(19)8-11-22-20/h1-7,14,17H,8-13H2,(H,23,26). The Morgan fingerprint density at radius 1 is 1.14 bits per heavy atom. The molecule has 1 N–H and O–H groups in total. The topological polar surface area (TPSA) is 87.8 Å². The second-order valence-corrected chi connectivity index (χ2v) is 7.15. The number of rotatable bonds is 3. The average molecular weight is 378 g/mol. The molecule has 0 unspecified atom stereocenters. The van der Waals surface area contributed by atoms with Crippen LogP contribution in [-0.4, -0.2) is 47.2 Å². The van der Waals surface area contributed by atoms with E-state index in [-0.39, 0.29) is 17.6 Å². The maximum atomic E-state index is 12.5. The van der Waals surface area contributed by atoms with Crippen molar-refractivity contribution in [3.8, 4) is 0 Å². The highest BCUT2D eigenvalue weighted by Crippen LogP contribution is 2.21. The van der Waals surface area contributed by atoms with Crippen molar-refractivity contribution < 1.29 is 9.72 Å². The van der Waals surface area contributed by atoms with Gasteiger partial charge in [-0.1, -0.05) is 30.3 Å². The van der Waals surface area contributed by atoms with Gasteiger partial charge in [0.25, 0.3) is 11.6 Å². The lowest BCUT2D eigenvalue weighted by molar-refractivity contribution is -0.384. The number of hydrogen-bond acceptors (Lipinski definition) is 5. The van der Waals surface area contributed by atoms with Gasteiger partial charge in [0, 0.05) is 48.9 Å². The predicted molar refractivity (Wildman–Crippen MR) is 107 cm³/mol. The van der Waals surface area contributed by atoms with Crippen molar-refractivity contribution in [1.29, 1.82) is 0 Å². The van der Waals surface area contributed by atoms with E-state index in [1.165, 1.54) is 29.3 Å². The molecule has 0 aromatic heterocycles. The van der Waals surface area contributed by atoms with Crippen molar-refractivity contribution in [2.45, 2.75) is 25.3 Å². The zero-order valence-corrected chi connectivity index (χ0v) is 15.5. The molecule has 2 aromatic carbocycles. The Morgan fingerprint density at radius 3 is 2.71 bits per heavy atom. The number of amidine groups is 1. The van der Waals surface area contributed by atoms with E-state index in [1.807, 2.05) is 6.07 Å². The Kier molecular flexibility index (Phi) is 5.06. The molecule has 1 amide bonds. The molecule has 1 fully saturated rings. The Labute approximate surface area is 163 Å². The van der Waals surface area contributed by atoms with Crippen LogP contribution < -0.4 is 5.32 Å². The van der Waals surface area contributed by atoms with Crippen LogP contribution in [0.15, 0.2) is 53.5 Å². The second-order valence-electron chi connectivity index (χ2n) is 7.15. The van der Waals surface area contributed by atoms with Crippen LogP contribution in [-0.2, 0) is 6.42 Å². The van der Waals surface area contributed by atoms with Crippen molar-refractivity contribution in [1.82, 2.24) is 10.2 Å². The van der Waals surface area contributed by atoms with Crippen LogP contribution in [0.2, 0.25) is 0 Å². The van der Waals surface area contributed by atoms with Crippen LogP contribution in [0.4, 0.5) is 5.69 Å². The summed E-state index contributed by atoms with van der Waals surface area (Å²) in [5.74, 6) is 0.799. The third kappa shape index (κ3) is 3.74. The van der Waals surface area contributed by atoms with Gasteiger partial charge < -0.3 is 10.2 Å². The van der Waals surface area contributed by atoms with Crippen LogP contribution in [0.1, 0.15) is 34.3 Å². The molecule has 1 saturated heterocycles. The first-order chi connectivity index (χ1) is 13.6. The summed E-state index contributed by atoms with van der Waals surface area (Å²) in [6.45, 7) is 2.47. The maximum Gasteiger partial charge on any atom is 0.270 e. The largest absolute Gasteiger partial charge is 0.356 e. The average Bonchev–Trinajstić information content (AvgIpc) is 2.74. The van der Waals surface area contributed by atoms with Gasteiger partial charge in [-0.25, -0.2) is 0 Å². The number of non-ortho nitro benzene ring substituents is 1. The van der Waals surface area contributed by atoms with Crippen LogP contribution in [0, 0.1) is 10.1 Å². The fourth-order valence-electron chi connectivity index (χ4n) is 3.86. The number of aliphatic imine (C=N–C) groups is 1. The monoisotopic (exact) mass is 378 g/mol. The number of hydrogen-bond donors (Lipinski definition) is 1. The molecule has 2 aliphatic rings. The zero-order chi connectivity index (χ0) is 19.5. The van der Waals surface area contributed by atoms with E-state index in [0.717, 1.165) is 44.7 Å². The highest BCUT2D eigenvalue weighted by molar-refractivity contribution is 6.01. The first-order valence-corrected chi connectivity index (χ1v) is 9.55. The molecular weight excluding hydrogens is 356 g/mol. The minimum Gasteiger partial charge on any atom is -0.356 e. The number of nitro benzene ring substituents is 1. The lowest BCUT2D eigenvalue weighted by Crippen LogP contribution is -2.47. The summed E-state index contributed by atoms with van der Waals surface area (Å²) in [4.78, 5) is 29.9. The first-order valence-electron chi connectivity index (χ1n) is 9.55. The van der Waals surface area contributed by atoms with Crippen LogP contribution in [0.3, 0.4) is 0 Å². The fraction of sp³-hybridized carbons (Fsp3) is 0.333. The lowest BCUT2D eigenvalue weighted by Gasteiger charge is -2.36. The van der Waals surface area contributed by atoms with E-state index in [0.29, 0.717) is 5.56 Å². The summed E-state index contributed by atoms with van der Waals surface area (Å²) in [6.07, 6.45) is 2.62. The van der Waals surface area contributed by atoms with Gasteiger partial charge in [-0.2, -0.15) is 0 Å². The number of fused-ring (bicyclic) bond motifs is 1. The SMILES string of the molecule is O=C(NC1CCN(C2=NCCc3ccccc32)CC1)c1cccc([N+](=O)[O-])c1. The van der Waals surface area contributed by atoms with Crippen molar-refractivity contribution in [3.63, 3.8) is 0 Å². The molecule has 0 atom stereocenters. The number of nitrogens with zero attached hydrogens (tertiary/aromatic N) is 3. The summed E-state index contributed by atoms with van der Waals surface area (Å²) >= 11 is 0. The molecule has 0 bridgehead atoms. The smallest absolute Gasteiger partial charge is 0.270 e.